The Morgan fingerprint density at radius 3 is 2.45 bits per heavy atom. The summed E-state index contributed by atoms with van der Waals surface area (Å²) in [4.78, 5) is 16.4. The Labute approximate surface area is 179 Å². The van der Waals surface area contributed by atoms with E-state index in [2.05, 4.69) is 4.98 Å². The van der Waals surface area contributed by atoms with Gasteiger partial charge in [0.25, 0.3) is 5.56 Å². The van der Waals surface area contributed by atoms with Crippen LogP contribution in [0.2, 0.25) is 0 Å². The molecule has 0 unspecified atom stereocenters. The zero-order valence-corrected chi connectivity index (χ0v) is 18.3. The second-order valence-electron chi connectivity index (χ2n) is 7.56. The van der Waals surface area contributed by atoms with E-state index < -0.39 is 26.7 Å². The fourth-order valence-corrected chi connectivity index (χ4v) is 3.89. The van der Waals surface area contributed by atoms with Crippen molar-refractivity contribution in [3.8, 4) is 22.9 Å². The highest BCUT2D eigenvalue weighted by Gasteiger charge is 2.19. The Kier molecular flexibility index (Phi) is 6.26. The van der Waals surface area contributed by atoms with E-state index in [1.165, 1.54) is 10.6 Å². The van der Waals surface area contributed by atoms with Crippen LogP contribution in [-0.4, -0.2) is 23.2 Å². The number of ether oxygens (including phenoxy) is 1. The van der Waals surface area contributed by atoms with Crippen molar-refractivity contribution in [3.05, 3.63) is 75.7 Å². The quantitative estimate of drug-likeness (QED) is 0.566. The first kappa shape index (κ1) is 22.6. The molecule has 0 spiro atoms. The minimum Gasteiger partial charge on any atom is -0.436 e. The molecule has 164 valence electrons. The van der Waals surface area contributed by atoms with Crippen molar-refractivity contribution in [1.29, 1.82) is 0 Å². The van der Waals surface area contributed by atoms with E-state index in [-0.39, 0.29) is 22.9 Å². The van der Waals surface area contributed by atoms with Gasteiger partial charge in [0.15, 0.2) is 21.4 Å². The number of hydrogen-bond acceptors (Lipinski definition) is 5. The van der Waals surface area contributed by atoms with Crippen LogP contribution in [0.25, 0.3) is 11.3 Å². The van der Waals surface area contributed by atoms with Gasteiger partial charge in [0, 0.05) is 36.5 Å². The molecule has 3 rings (SSSR count). The van der Waals surface area contributed by atoms with Gasteiger partial charge in [-0.25, -0.2) is 22.2 Å². The van der Waals surface area contributed by atoms with Crippen LogP contribution in [0.1, 0.15) is 25.0 Å². The van der Waals surface area contributed by atoms with E-state index in [9.17, 15) is 22.0 Å². The zero-order valence-electron chi connectivity index (χ0n) is 17.5. The summed E-state index contributed by atoms with van der Waals surface area (Å²) in [6.45, 7) is 4.82. The van der Waals surface area contributed by atoms with Crippen LogP contribution in [0.15, 0.2) is 47.4 Å². The van der Waals surface area contributed by atoms with E-state index in [4.69, 9.17) is 4.74 Å². The third-order valence-corrected chi connectivity index (χ3v) is 6.89. The van der Waals surface area contributed by atoms with Crippen LogP contribution in [0, 0.1) is 18.6 Å². The lowest BCUT2D eigenvalue weighted by atomic mass is 10.1. The summed E-state index contributed by atoms with van der Waals surface area (Å²) in [7, 11) is -1.84. The molecule has 6 nitrogen and oxygen atoms in total. The number of rotatable bonds is 6. The van der Waals surface area contributed by atoms with E-state index >= 15 is 0 Å². The summed E-state index contributed by atoms with van der Waals surface area (Å²) < 4.78 is 59.1. The van der Waals surface area contributed by atoms with Crippen molar-refractivity contribution in [3.63, 3.8) is 0 Å². The molecule has 1 aromatic carbocycles. The fourth-order valence-electron chi connectivity index (χ4n) is 2.93. The minimum atomic E-state index is -3.44. The van der Waals surface area contributed by atoms with Crippen LogP contribution in [0.5, 0.6) is 11.6 Å². The van der Waals surface area contributed by atoms with Crippen LogP contribution in [0.4, 0.5) is 8.78 Å². The predicted octanol–water partition coefficient (Wildman–Crippen LogP) is 4.15. The maximum atomic E-state index is 14.1. The summed E-state index contributed by atoms with van der Waals surface area (Å²) in [5.41, 5.74) is 1.62. The Balaban J connectivity index is 2.13. The van der Waals surface area contributed by atoms with Crippen molar-refractivity contribution in [1.82, 2.24) is 9.55 Å². The van der Waals surface area contributed by atoms with Crippen molar-refractivity contribution < 1.29 is 21.9 Å². The Morgan fingerprint density at radius 2 is 1.84 bits per heavy atom. The SMILES string of the molecule is Cc1cc(-c2cc(CS(=O)(=O)C(C)C)cc(Oc3ccc(F)cc3F)n2)cn(C)c1=O. The number of pyridine rings is 2. The smallest absolute Gasteiger partial charge is 0.253 e. The summed E-state index contributed by atoms with van der Waals surface area (Å²) in [5.74, 6) is -2.24. The second-order valence-corrected chi connectivity index (χ2v) is 10.1. The van der Waals surface area contributed by atoms with Gasteiger partial charge in [0.05, 0.1) is 16.7 Å². The van der Waals surface area contributed by atoms with Gasteiger partial charge in [-0.15, -0.1) is 0 Å². The molecule has 3 aromatic rings. The topological polar surface area (TPSA) is 78.3 Å². The molecule has 0 aliphatic rings. The number of halogens is 2. The van der Waals surface area contributed by atoms with Gasteiger partial charge in [0.1, 0.15) is 5.82 Å². The monoisotopic (exact) mass is 448 g/mol. The third-order valence-electron chi connectivity index (χ3n) is 4.71. The number of sulfone groups is 1. The standard InChI is InChI=1S/C22H22F2N2O4S/c1-13(2)31(28,29)12-15-8-19(16-7-14(3)22(27)26(4)11-16)25-21(9-15)30-20-6-5-17(23)10-18(20)24/h5-11,13H,12H2,1-4H3. The lowest BCUT2D eigenvalue weighted by Crippen LogP contribution is -2.18. The van der Waals surface area contributed by atoms with Crippen molar-refractivity contribution in [2.24, 2.45) is 7.05 Å². The molecule has 0 aliphatic carbocycles. The first-order valence-corrected chi connectivity index (χ1v) is 11.2. The molecule has 0 N–H and O–H groups in total. The predicted molar refractivity (Wildman–Crippen MR) is 114 cm³/mol. The normalized spacial score (nSPS) is 11.7. The summed E-state index contributed by atoms with van der Waals surface area (Å²) in [6.07, 6.45) is 1.57. The van der Waals surface area contributed by atoms with Crippen LogP contribution in [0.3, 0.4) is 0 Å². The zero-order chi connectivity index (χ0) is 22.9. The van der Waals surface area contributed by atoms with Crippen molar-refractivity contribution in [2.75, 3.05) is 0 Å². The van der Waals surface area contributed by atoms with Gasteiger partial charge >= 0.3 is 0 Å². The first-order chi connectivity index (χ1) is 14.5. The van der Waals surface area contributed by atoms with Gasteiger partial charge < -0.3 is 9.30 Å². The molecule has 0 saturated carbocycles. The average molecular weight is 448 g/mol. The van der Waals surface area contributed by atoms with E-state index in [0.29, 0.717) is 28.5 Å². The van der Waals surface area contributed by atoms with Crippen LogP contribution < -0.4 is 10.3 Å². The number of aromatic nitrogens is 2. The van der Waals surface area contributed by atoms with E-state index in [1.54, 1.807) is 46.1 Å². The molecule has 9 heteroatoms. The molecule has 2 heterocycles. The largest absolute Gasteiger partial charge is 0.436 e. The van der Waals surface area contributed by atoms with Crippen molar-refractivity contribution in [2.45, 2.75) is 31.8 Å². The Bertz CT molecular complexity index is 1280. The molecule has 0 aliphatic heterocycles. The lowest BCUT2D eigenvalue weighted by molar-refractivity contribution is 0.424. The van der Waals surface area contributed by atoms with E-state index in [0.717, 1.165) is 12.1 Å². The maximum absolute atomic E-state index is 14.1. The first-order valence-electron chi connectivity index (χ1n) is 9.49. The third kappa shape index (κ3) is 5.16. The highest BCUT2D eigenvalue weighted by Crippen LogP contribution is 2.29. The summed E-state index contributed by atoms with van der Waals surface area (Å²) >= 11 is 0. The number of benzene rings is 1. The number of hydrogen-bond donors (Lipinski definition) is 0. The average Bonchev–Trinajstić information content (AvgIpc) is 2.67. The number of aryl methyl sites for hydroxylation is 2. The molecule has 0 bridgehead atoms. The van der Waals surface area contributed by atoms with Gasteiger partial charge in [-0.2, -0.15) is 0 Å². The molecule has 31 heavy (non-hydrogen) atoms. The highest BCUT2D eigenvalue weighted by molar-refractivity contribution is 7.91. The van der Waals surface area contributed by atoms with Gasteiger partial charge in [-0.3, -0.25) is 4.79 Å². The summed E-state index contributed by atoms with van der Waals surface area (Å²) in [5, 5.41) is -0.595. The molecule has 0 amide bonds. The Hall–Kier alpha value is -3.07. The molecule has 2 aromatic heterocycles. The number of nitrogens with zero attached hydrogens (tertiary/aromatic N) is 2. The van der Waals surface area contributed by atoms with Crippen molar-refractivity contribution >= 4 is 9.84 Å². The van der Waals surface area contributed by atoms with E-state index in [1.807, 2.05) is 0 Å². The van der Waals surface area contributed by atoms with Gasteiger partial charge in [-0.1, -0.05) is 0 Å². The second kappa shape index (κ2) is 8.58. The van der Waals surface area contributed by atoms with Crippen LogP contribution >= 0.6 is 0 Å². The fraction of sp³-hybridized carbons (Fsp3) is 0.273. The molecular weight excluding hydrogens is 426 g/mol. The van der Waals surface area contributed by atoms with Crippen LogP contribution in [-0.2, 0) is 22.6 Å². The highest BCUT2D eigenvalue weighted by atomic mass is 32.2. The molecule has 0 atom stereocenters. The molecule has 0 radical (unpaired) electrons. The minimum absolute atomic E-state index is 0.0523. The Morgan fingerprint density at radius 1 is 1.13 bits per heavy atom. The summed E-state index contributed by atoms with van der Waals surface area (Å²) in [6, 6.07) is 7.48. The van der Waals surface area contributed by atoms with Gasteiger partial charge in [-0.05, 0) is 50.6 Å². The molecular formula is C22H22F2N2O4S. The molecule has 0 fully saturated rings. The maximum Gasteiger partial charge on any atom is 0.253 e. The molecule has 0 saturated heterocycles. The lowest BCUT2D eigenvalue weighted by Gasteiger charge is -2.13. The van der Waals surface area contributed by atoms with Gasteiger partial charge in [0.2, 0.25) is 5.88 Å².